The van der Waals surface area contributed by atoms with Crippen LogP contribution in [0.15, 0.2) is 23.3 Å². The summed E-state index contributed by atoms with van der Waals surface area (Å²) in [5.41, 5.74) is 12.0. The number of amides is 1. The minimum absolute atomic E-state index is 0.114. The minimum Gasteiger partial charge on any atom is -0.312 e. The van der Waals surface area contributed by atoms with E-state index in [1.165, 1.54) is 11.1 Å². The summed E-state index contributed by atoms with van der Waals surface area (Å²) in [6, 6.07) is 6.30. The Morgan fingerprint density at radius 1 is 1.27 bits per heavy atom. The molecule has 1 fully saturated rings. The number of carbonyl (C=O) groups is 1. The maximum atomic E-state index is 12.5. The van der Waals surface area contributed by atoms with E-state index in [2.05, 4.69) is 55.9 Å². The van der Waals surface area contributed by atoms with Crippen molar-refractivity contribution in [1.82, 2.24) is 0 Å². The lowest BCUT2D eigenvalue weighted by molar-refractivity contribution is -0.117. The fourth-order valence-electron chi connectivity index (χ4n) is 3.10. The lowest BCUT2D eigenvalue weighted by atomic mass is 9.92. The van der Waals surface area contributed by atoms with Gasteiger partial charge >= 0.3 is 0 Å². The van der Waals surface area contributed by atoms with E-state index >= 15 is 0 Å². The fourth-order valence-corrected chi connectivity index (χ4v) is 3.10. The van der Waals surface area contributed by atoms with Crippen molar-refractivity contribution in [3.63, 3.8) is 0 Å². The number of hydrogen-bond donors (Lipinski definition) is 0. The highest BCUT2D eigenvalue weighted by Crippen LogP contribution is 2.38. The lowest BCUT2D eigenvalue weighted by Crippen LogP contribution is -2.27. The van der Waals surface area contributed by atoms with Crippen molar-refractivity contribution in [3.8, 4) is 0 Å². The first-order valence-electron chi connectivity index (χ1n) is 7.89. The highest BCUT2D eigenvalue weighted by atomic mass is 16.2. The molecule has 2 rings (SSSR count). The molecule has 5 heteroatoms. The molecule has 0 aromatic heterocycles. The predicted molar refractivity (Wildman–Crippen MR) is 89.1 cm³/mol. The molecule has 1 aromatic rings. The van der Waals surface area contributed by atoms with Gasteiger partial charge in [0.05, 0.1) is 5.69 Å². The summed E-state index contributed by atoms with van der Waals surface area (Å²) in [4.78, 5) is 17.2. The zero-order valence-corrected chi connectivity index (χ0v) is 13.8. The van der Waals surface area contributed by atoms with Gasteiger partial charge < -0.3 is 4.90 Å². The van der Waals surface area contributed by atoms with Crippen LogP contribution in [0, 0.1) is 5.92 Å². The average molecular weight is 300 g/mol. The van der Waals surface area contributed by atoms with Crippen molar-refractivity contribution < 1.29 is 4.79 Å². The van der Waals surface area contributed by atoms with Crippen molar-refractivity contribution >= 4 is 11.6 Å². The van der Waals surface area contributed by atoms with Crippen LogP contribution < -0.4 is 4.90 Å². The van der Waals surface area contributed by atoms with Crippen molar-refractivity contribution in [3.05, 3.63) is 39.8 Å². The van der Waals surface area contributed by atoms with E-state index in [4.69, 9.17) is 5.53 Å². The third kappa shape index (κ3) is 3.25. The fraction of sp³-hybridized carbons (Fsp3) is 0.588. The zero-order valence-electron chi connectivity index (χ0n) is 13.8. The largest absolute Gasteiger partial charge is 0.312 e. The number of anilines is 1. The Morgan fingerprint density at radius 3 is 2.36 bits per heavy atom. The molecule has 1 amide bonds. The first-order valence-corrected chi connectivity index (χ1v) is 7.89. The van der Waals surface area contributed by atoms with Crippen LogP contribution in [0.25, 0.3) is 10.4 Å². The number of hydrogen-bond acceptors (Lipinski definition) is 2. The van der Waals surface area contributed by atoms with Crippen LogP contribution in [0.5, 0.6) is 0 Å². The van der Waals surface area contributed by atoms with Crippen LogP contribution >= 0.6 is 0 Å². The van der Waals surface area contributed by atoms with Crippen molar-refractivity contribution in [2.75, 3.05) is 18.0 Å². The molecule has 1 aromatic carbocycles. The zero-order chi connectivity index (χ0) is 16.3. The molecule has 5 nitrogen and oxygen atoms in total. The summed E-state index contributed by atoms with van der Waals surface area (Å²) < 4.78 is 0. The van der Waals surface area contributed by atoms with Gasteiger partial charge in [-0.15, -0.1) is 0 Å². The van der Waals surface area contributed by atoms with Gasteiger partial charge in [-0.1, -0.05) is 51.0 Å². The summed E-state index contributed by atoms with van der Waals surface area (Å²) in [6.45, 7) is 9.64. The van der Waals surface area contributed by atoms with E-state index in [0.717, 1.165) is 5.69 Å². The normalized spacial score (nSPS) is 18.2. The van der Waals surface area contributed by atoms with Crippen LogP contribution in [0.3, 0.4) is 0 Å². The summed E-state index contributed by atoms with van der Waals surface area (Å²) in [5, 5.41) is 3.63. The Labute approximate surface area is 131 Å². The molecule has 1 heterocycles. The standard InChI is InChI=1S/C17H24N4O/c1-11(2)14-6-5-7-15(12(3)4)17(14)21-10-13(8-16(21)22)9-19-20-18/h5-7,11-13H,8-10H2,1-4H3. The first kappa shape index (κ1) is 16.4. The SMILES string of the molecule is CC(C)c1cccc(C(C)C)c1N1CC(CN=[N+]=[N-])CC1=O. The van der Waals surface area contributed by atoms with E-state index in [1.54, 1.807) is 0 Å². The van der Waals surface area contributed by atoms with Gasteiger partial charge in [0.25, 0.3) is 0 Å². The van der Waals surface area contributed by atoms with Gasteiger partial charge in [-0.05, 0) is 34.4 Å². The van der Waals surface area contributed by atoms with Crippen LogP contribution in [0.1, 0.15) is 57.1 Å². The van der Waals surface area contributed by atoms with E-state index in [9.17, 15) is 4.79 Å². The second kappa shape index (κ2) is 6.84. The molecule has 1 saturated heterocycles. The highest BCUT2D eigenvalue weighted by molar-refractivity contribution is 5.97. The van der Waals surface area contributed by atoms with E-state index < -0.39 is 0 Å². The smallest absolute Gasteiger partial charge is 0.227 e. The molecule has 1 aliphatic rings. The van der Waals surface area contributed by atoms with E-state index in [0.29, 0.717) is 31.3 Å². The summed E-state index contributed by atoms with van der Waals surface area (Å²) in [6.07, 6.45) is 0.461. The molecule has 118 valence electrons. The lowest BCUT2D eigenvalue weighted by Gasteiger charge is -2.27. The Bertz CT molecular complexity index is 576. The van der Waals surface area contributed by atoms with Gasteiger partial charge in [0.15, 0.2) is 0 Å². The Hall–Kier alpha value is -2.00. The van der Waals surface area contributed by atoms with Gasteiger partial charge in [0, 0.05) is 24.4 Å². The number of rotatable bonds is 5. The molecule has 0 saturated carbocycles. The molecule has 0 bridgehead atoms. The van der Waals surface area contributed by atoms with Gasteiger partial charge in [-0.25, -0.2) is 0 Å². The molecular formula is C17H24N4O. The molecule has 0 spiro atoms. The highest BCUT2D eigenvalue weighted by Gasteiger charge is 2.33. The molecule has 0 N–H and O–H groups in total. The molecule has 22 heavy (non-hydrogen) atoms. The maximum Gasteiger partial charge on any atom is 0.227 e. The number of para-hydroxylation sites is 1. The number of benzene rings is 1. The van der Waals surface area contributed by atoms with Gasteiger partial charge in [-0.3, -0.25) is 4.79 Å². The summed E-state index contributed by atoms with van der Waals surface area (Å²) >= 11 is 0. The van der Waals surface area contributed by atoms with Crippen LogP contribution in [0.2, 0.25) is 0 Å². The van der Waals surface area contributed by atoms with Gasteiger partial charge in [0.2, 0.25) is 5.91 Å². The predicted octanol–water partition coefficient (Wildman–Crippen LogP) is 4.60. The molecule has 1 aliphatic heterocycles. The molecule has 1 atom stereocenters. The van der Waals surface area contributed by atoms with Crippen LogP contribution in [0.4, 0.5) is 5.69 Å². The molecular weight excluding hydrogens is 276 g/mol. The quantitative estimate of drug-likeness (QED) is 0.445. The second-order valence-corrected chi connectivity index (χ2v) is 6.58. The van der Waals surface area contributed by atoms with Crippen LogP contribution in [-0.2, 0) is 4.79 Å². The molecule has 1 unspecified atom stereocenters. The second-order valence-electron chi connectivity index (χ2n) is 6.58. The average Bonchev–Trinajstić information content (AvgIpc) is 2.84. The minimum atomic E-state index is 0.114. The molecule has 0 radical (unpaired) electrons. The third-order valence-electron chi connectivity index (χ3n) is 4.22. The van der Waals surface area contributed by atoms with Gasteiger partial charge in [-0.2, -0.15) is 0 Å². The number of azide groups is 1. The third-order valence-corrected chi connectivity index (χ3v) is 4.22. The first-order chi connectivity index (χ1) is 10.5. The Morgan fingerprint density at radius 2 is 1.86 bits per heavy atom. The van der Waals surface area contributed by atoms with Crippen LogP contribution in [-0.4, -0.2) is 19.0 Å². The Kier molecular flexibility index (Phi) is 5.09. The summed E-state index contributed by atoms with van der Waals surface area (Å²) in [7, 11) is 0. The van der Waals surface area contributed by atoms with E-state index in [1.807, 2.05) is 4.90 Å². The number of carbonyl (C=O) groups excluding carboxylic acids is 1. The monoisotopic (exact) mass is 300 g/mol. The van der Waals surface area contributed by atoms with E-state index in [-0.39, 0.29) is 11.8 Å². The van der Waals surface area contributed by atoms with Crippen molar-refractivity contribution in [2.45, 2.75) is 46.0 Å². The van der Waals surface area contributed by atoms with Gasteiger partial charge in [0.1, 0.15) is 0 Å². The molecule has 0 aliphatic carbocycles. The topological polar surface area (TPSA) is 69.1 Å². The Balaban J connectivity index is 2.42. The summed E-state index contributed by atoms with van der Waals surface area (Å²) in [5.74, 6) is 0.965. The van der Waals surface area contributed by atoms with Crippen molar-refractivity contribution in [2.24, 2.45) is 11.0 Å². The van der Waals surface area contributed by atoms with Crippen molar-refractivity contribution in [1.29, 1.82) is 0 Å². The number of nitrogens with zero attached hydrogens (tertiary/aromatic N) is 4. The maximum absolute atomic E-state index is 12.5.